The van der Waals surface area contributed by atoms with Crippen LogP contribution in [0.25, 0.3) is 0 Å². The highest BCUT2D eigenvalue weighted by Gasteiger charge is 2.22. The minimum absolute atomic E-state index is 0.712. The zero-order chi connectivity index (χ0) is 15.6. The maximum Gasteiger partial charge on any atom is 0.191 e. The van der Waals surface area contributed by atoms with E-state index in [-0.39, 0.29) is 0 Å². The number of guanidine groups is 1. The lowest BCUT2D eigenvalue weighted by Gasteiger charge is -2.14. The summed E-state index contributed by atoms with van der Waals surface area (Å²) in [6.07, 6.45) is 7.82. The van der Waals surface area contributed by atoms with E-state index < -0.39 is 0 Å². The molecule has 1 fully saturated rings. The van der Waals surface area contributed by atoms with E-state index in [4.69, 9.17) is 4.74 Å². The maximum absolute atomic E-state index is 5.93. The van der Waals surface area contributed by atoms with Gasteiger partial charge in [-0.3, -0.25) is 4.99 Å². The third-order valence-electron chi connectivity index (χ3n) is 3.65. The molecule has 1 aliphatic carbocycles. The van der Waals surface area contributed by atoms with Crippen molar-refractivity contribution in [2.75, 3.05) is 20.2 Å². The molecule has 22 heavy (non-hydrogen) atoms. The van der Waals surface area contributed by atoms with Crippen LogP contribution in [0, 0.1) is 5.92 Å². The first-order chi connectivity index (χ1) is 10.8. The monoisotopic (exact) mass is 301 g/mol. The smallest absolute Gasteiger partial charge is 0.191 e. The van der Waals surface area contributed by atoms with Gasteiger partial charge in [0.15, 0.2) is 5.96 Å². The third kappa shape index (κ3) is 5.80. The van der Waals surface area contributed by atoms with Crippen LogP contribution in [0.2, 0.25) is 0 Å². The standard InChI is InChI=1S/C18H27N3O/c1-3-4-7-12-20-18(19-2)21-13-16-8-5-6-9-17(16)22-14-15-10-11-15/h3-6,8-9,15H,7,10-14H2,1-2H3,(H2,19,20,21)/b4-3+. The molecule has 4 nitrogen and oxygen atoms in total. The number of hydrogen-bond donors (Lipinski definition) is 2. The predicted octanol–water partition coefficient (Wildman–Crippen LogP) is 3.11. The summed E-state index contributed by atoms with van der Waals surface area (Å²) in [6, 6.07) is 8.21. The van der Waals surface area contributed by atoms with E-state index >= 15 is 0 Å². The summed E-state index contributed by atoms with van der Waals surface area (Å²) in [6.45, 7) is 4.47. The highest BCUT2D eigenvalue weighted by atomic mass is 16.5. The van der Waals surface area contributed by atoms with Crippen molar-refractivity contribution in [3.8, 4) is 5.75 Å². The molecule has 0 aromatic heterocycles. The molecule has 0 radical (unpaired) electrons. The Bertz CT molecular complexity index is 507. The maximum atomic E-state index is 5.93. The minimum atomic E-state index is 0.712. The number of nitrogens with one attached hydrogen (secondary N) is 2. The molecule has 1 aromatic rings. The Morgan fingerprint density at radius 3 is 2.86 bits per heavy atom. The van der Waals surface area contributed by atoms with Crippen LogP contribution >= 0.6 is 0 Å². The van der Waals surface area contributed by atoms with Crippen molar-refractivity contribution in [1.29, 1.82) is 0 Å². The predicted molar refractivity (Wildman–Crippen MR) is 92.3 cm³/mol. The molecule has 2 rings (SSSR count). The Balaban J connectivity index is 1.81. The van der Waals surface area contributed by atoms with Crippen LogP contribution in [-0.4, -0.2) is 26.2 Å². The van der Waals surface area contributed by atoms with Gasteiger partial charge in [0, 0.05) is 25.7 Å². The number of aliphatic imine (C=N–C) groups is 1. The lowest BCUT2D eigenvalue weighted by atomic mass is 10.2. The van der Waals surface area contributed by atoms with Crippen molar-refractivity contribution < 1.29 is 4.74 Å². The number of ether oxygens (including phenoxy) is 1. The Labute approximate surface area is 133 Å². The van der Waals surface area contributed by atoms with Crippen LogP contribution in [0.1, 0.15) is 31.7 Å². The number of allylic oxidation sites excluding steroid dienone is 1. The number of rotatable bonds is 8. The average Bonchev–Trinajstić information content (AvgIpc) is 3.37. The summed E-state index contributed by atoms with van der Waals surface area (Å²) in [5.74, 6) is 2.56. The van der Waals surface area contributed by atoms with E-state index in [9.17, 15) is 0 Å². The first-order valence-electron chi connectivity index (χ1n) is 8.10. The minimum Gasteiger partial charge on any atom is -0.493 e. The van der Waals surface area contributed by atoms with Crippen molar-refractivity contribution >= 4 is 5.96 Å². The van der Waals surface area contributed by atoms with E-state index in [0.717, 1.165) is 37.2 Å². The van der Waals surface area contributed by atoms with Crippen LogP contribution in [0.4, 0.5) is 0 Å². The second kappa shape index (κ2) is 9.13. The van der Waals surface area contributed by atoms with Gasteiger partial charge in [-0.1, -0.05) is 30.4 Å². The summed E-state index contributed by atoms with van der Waals surface area (Å²) in [4.78, 5) is 4.24. The molecular formula is C18H27N3O. The van der Waals surface area contributed by atoms with Gasteiger partial charge in [0.2, 0.25) is 0 Å². The molecule has 2 N–H and O–H groups in total. The Morgan fingerprint density at radius 1 is 1.32 bits per heavy atom. The number of para-hydroxylation sites is 1. The fraction of sp³-hybridized carbons (Fsp3) is 0.500. The second-order valence-corrected chi connectivity index (χ2v) is 5.57. The number of nitrogens with zero attached hydrogens (tertiary/aromatic N) is 1. The summed E-state index contributed by atoms with van der Waals surface area (Å²) < 4.78 is 5.93. The van der Waals surface area contributed by atoms with E-state index in [2.05, 4.69) is 33.8 Å². The highest BCUT2D eigenvalue weighted by Crippen LogP contribution is 2.30. The van der Waals surface area contributed by atoms with Crippen LogP contribution < -0.4 is 15.4 Å². The Hall–Kier alpha value is -1.97. The van der Waals surface area contributed by atoms with E-state index in [0.29, 0.717) is 6.54 Å². The third-order valence-corrected chi connectivity index (χ3v) is 3.65. The fourth-order valence-corrected chi connectivity index (χ4v) is 2.12. The van der Waals surface area contributed by atoms with Crippen molar-refractivity contribution in [2.45, 2.75) is 32.7 Å². The molecule has 0 unspecified atom stereocenters. The molecule has 1 aliphatic rings. The molecule has 0 saturated heterocycles. The molecule has 1 aromatic carbocycles. The zero-order valence-corrected chi connectivity index (χ0v) is 13.6. The second-order valence-electron chi connectivity index (χ2n) is 5.57. The number of hydrogen-bond acceptors (Lipinski definition) is 2. The summed E-state index contributed by atoms with van der Waals surface area (Å²) in [5, 5.41) is 6.64. The average molecular weight is 301 g/mol. The van der Waals surface area contributed by atoms with Gasteiger partial charge in [-0.05, 0) is 38.2 Å². The van der Waals surface area contributed by atoms with Gasteiger partial charge in [-0.2, -0.15) is 0 Å². The first kappa shape index (κ1) is 16.4. The number of benzene rings is 1. The molecule has 1 saturated carbocycles. The molecule has 0 bridgehead atoms. The normalized spacial score (nSPS) is 15.1. The molecular weight excluding hydrogens is 274 g/mol. The lowest BCUT2D eigenvalue weighted by Crippen LogP contribution is -2.37. The molecule has 0 heterocycles. The van der Waals surface area contributed by atoms with Crippen LogP contribution in [0.15, 0.2) is 41.4 Å². The van der Waals surface area contributed by atoms with Gasteiger partial charge in [0.25, 0.3) is 0 Å². The van der Waals surface area contributed by atoms with Gasteiger partial charge in [-0.25, -0.2) is 0 Å². The highest BCUT2D eigenvalue weighted by molar-refractivity contribution is 5.79. The summed E-state index contributed by atoms with van der Waals surface area (Å²) in [5.41, 5.74) is 1.17. The van der Waals surface area contributed by atoms with Gasteiger partial charge in [-0.15, -0.1) is 0 Å². The van der Waals surface area contributed by atoms with Crippen LogP contribution in [0.3, 0.4) is 0 Å². The van der Waals surface area contributed by atoms with Gasteiger partial charge >= 0.3 is 0 Å². The lowest BCUT2D eigenvalue weighted by molar-refractivity contribution is 0.296. The van der Waals surface area contributed by atoms with Gasteiger partial charge in [0.1, 0.15) is 5.75 Å². The fourth-order valence-electron chi connectivity index (χ4n) is 2.12. The zero-order valence-electron chi connectivity index (χ0n) is 13.6. The van der Waals surface area contributed by atoms with Gasteiger partial charge in [0.05, 0.1) is 6.61 Å². The Morgan fingerprint density at radius 2 is 2.14 bits per heavy atom. The van der Waals surface area contributed by atoms with Crippen LogP contribution in [0.5, 0.6) is 5.75 Å². The van der Waals surface area contributed by atoms with E-state index in [1.165, 1.54) is 18.4 Å². The van der Waals surface area contributed by atoms with Crippen molar-refractivity contribution in [3.63, 3.8) is 0 Å². The van der Waals surface area contributed by atoms with E-state index in [1.807, 2.05) is 25.1 Å². The molecule has 0 aliphatic heterocycles. The molecule has 0 atom stereocenters. The Kier molecular flexibility index (Phi) is 6.81. The van der Waals surface area contributed by atoms with Crippen molar-refractivity contribution in [3.05, 3.63) is 42.0 Å². The topological polar surface area (TPSA) is 45.7 Å². The van der Waals surface area contributed by atoms with Crippen molar-refractivity contribution in [2.24, 2.45) is 10.9 Å². The summed E-state index contributed by atoms with van der Waals surface area (Å²) in [7, 11) is 1.79. The molecule has 120 valence electrons. The summed E-state index contributed by atoms with van der Waals surface area (Å²) >= 11 is 0. The molecule has 4 heteroatoms. The van der Waals surface area contributed by atoms with E-state index in [1.54, 1.807) is 7.05 Å². The SMILES string of the molecule is C/C=C/CCNC(=NC)NCc1ccccc1OCC1CC1. The first-order valence-corrected chi connectivity index (χ1v) is 8.10. The largest absolute Gasteiger partial charge is 0.493 e. The van der Waals surface area contributed by atoms with Crippen molar-refractivity contribution in [1.82, 2.24) is 10.6 Å². The molecule has 0 amide bonds. The quantitative estimate of drug-likeness (QED) is 0.336. The van der Waals surface area contributed by atoms with Gasteiger partial charge < -0.3 is 15.4 Å². The molecule has 0 spiro atoms. The van der Waals surface area contributed by atoms with Crippen LogP contribution in [-0.2, 0) is 6.54 Å².